The second-order valence-corrected chi connectivity index (χ2v) is 5.30. The van der Waals surface area contributed by atoms with E-state index in [-0.39, 0.29) is 34.9 Å². The molecule has 0 aliphatic carbocycles. The lowest BCUT2D eigenvalue weighted by molar-refractivity contribution is 0.0168. The monoisotopic (exact) mass is 331 g/mol. The van der Waals surface area contributed by atoms with Gasteiger partial charge in [0.1, 0.15) is 11.4 Å². The number of alkyl halides is 2. The molecule has 2 heterocycles. The van der Waals surface area contributed by atoms with Gasteiger partial charge in [-0.25, -0.2) is 18.8 Å². The molecule has 0 radical (unpaired) electrons. The highest BCUT2D eigenvalue weighted by molar-refractivity contribution is 6.50. The summed E-state index contributed by atoms with van der Waals surface area (Å²) in [6.45, 7) is 2.39. The van der Waals surface area contributed by atoms with E-state index in [1.165, 1.54) is 12.1 Å². The topological polar surface area (TPSA) is 108 Å². The van der Waals surface area contributed by atoms with Crippen LogP contribution in [0.2, 0.25) is 0 Å². The van der Waals surface area contributed by atoms with Crippen LogP contribution in [0.1, 0.15) is 30.8 Å². The zero-order valence-corrected chi connectivity index (χ0v) is 13.1. The lowest BCUT2D eigenvalue weighted by Gasteiger charge is -2.18. The molecule has 1 aromatic heterocycles. The van der Waals surface area contributed by atoms with E-state index in [4.69, 9.17) is 22.8 Å². The van der Waals surface area contributed by atoms with E-state index in [2.05, 4.69) is 21.1 Å². The zero-order valence-electron chi connectivity index (χ0n) is 13.1. The molecule has 24 heavy (non-hydrogen) atoms. The Bertz CT molecular complexity index is 841. The number of terminal acetylenes is 1. The number of pyridine rings is 1. The van der Waals surface area contributed by atoms with E-state index in [9.17, 15) is 8.78 Å². The normalized spacial score (nSPS) is 17.0. The number of nitrogens with zero attached hydrogens (tertiary/aromatic N) is 3. The number of hydrogen-bond acceptors (Lipinski definition) is 5. The van der Waals surface area contributed by atoms with Gasteiger partial charge in [-0.15, -0.1) is 6.42 Å². The van der Waals surface area contributed by atoms with Crippen LogP contribution in [0, 0.1) is 17.8 Å². The van der Waals surface area contributed by atoms with Gasteiger partial charge in [0.15, 0.2) is 0 Å². The number of nitrogens with two attached hydrogens (primary N) is 1. The third kappa shape index (κ3) is 3.15. The van der Waals surface area contributed by atoms with Crippen molar-refractivity contribution >= 4 is 17.3 Å². The third-order valence-corrected chi connectivity index (χ3v) is 3.54. The maximum absolute atomic E-state index is 13.5. The van der Waals surface area contributed by atoms with Gasteiger partial charge in [0.25, 0.3) is 5.92 Å². The van der Waals surface area contributed by atoms with E-state index in [1.807, 2.05) is 0 Å². The highest BCUT2D eigenvalue weighted by Crippen LogP contribution is 2.29. The van der Waals surface area contributed by atoms with E-state index < -0.39 is 5.92 Å². The minimum atomic E-state index is -3.09. The maximum atomic E-state index is 13.5. The molecule has 0 atom stereocenters. The van der Waals surface area contributed by atoms with Crippen molar-refractivity contribution in [3.63, 3.8) is 0 Å². The summed E-state index contributed by atoms with van der Waals surface area (Å²) >= 11 is 0. The molecule has 0 fully saturated rings. The minimum Gasteiger partial charge on any atom is -0.409 e. The Morgan fingerprint density at radius 1 is 1.46 bits per heavy atom. The molecule has 1 aliphatic heterocycles. The van der Waals surface area contributed by atoms with Crippen molar-refractivity contribution in [2.75, 3.05) is 0 Å². The molecular weight excluding hydrogens is 316 g/mol. The van der Waals surface area contributed by atoms with E-state index in [0.29, 0.717) is 17.0 Å². The summed E-state index contributed by atoms with van der Waals surface area (Å²) in [6, 6.07) is 2.66. The molecule has 2 rings (SSSR count). The number of hydrogen-bond donors (Lipinski definition) is 3. The van der Waals surface area contributed by atoms with Crippen LogP contribution in [0.15, 0.2) is 33.6 Å². The predicted molar refractivity (Wildman–Crippen MR) is 86.7 cm³/mol. The molecule has 124 valence electrons. The van der Waals surface area contributed by atoms with E-state index in [1.54, 1.807) is 6.92 Å². The second-order valence-electron chi connectivity index (χ2n) is 5.30. The van der Waals surface area contributed by atoms with Crippen molar-refractivity contribution in [3.8, 4) is 12.3 Å². The van der Waals surface area contributed by atoms with E-state index in [0.717, 1.165) is 6.92 Å². The number of halogens is 2. The number of nitrogens with one attached hydrogen (secondary N) is 1. The minimum absolute atomic E-state index is 0.0873. The molecule has 8 heteroatoms. The first-order valence-corrected chi connectivity index (χ1v) is 6.89. The Hall–Kier alpha value is -3.08. The first kappa shape index (κ1) is 17.3. The largest absolute Gasteiger partial charge is 0.409 e. The van der Waals surface area contributed by atoms with Gasteiger partial charge < -0.3 is 10.9 Å². The SMILES string of the molecule is C#Cc1nc(CC2=C(N)C(=N)/C(=N\O)N=C2C)ccc1C(C)(F)F. The molecule has 6 nitrogen and oxygen atoms in total. The number of dihydropyridines is 1. The van der Waals surface area contributed by atoms with Crippen molar-refractivity contribution < 1.29 is 14.0 Å². The van der Waals surface area contributed by atoms with Crippen molar-refractivity contribution in [1.29, 1.82) is 5.41 Å². The maximum Gasteiger partial charge on any atom is 0.273 e. The van der Waals surface area contributed by atoms with Gasteiger partial charge in [-0.05, 0) is 25.0 Å². The van der Waals surface area contributed by atoms with E-state index >= 15 is 0 Å². The fourth-order valence-electron chi connectivity index (χ4n) is 2.29. The summed E-state index contributed by atoms with van der Waals surface area (Å²) in [7, 11) is 0. The van der Waals surface area contributed by atoms with Crippen LogP contribution in [0.3, 0.4) is 0 Å². The predicted octanol–water partition coefficient (Wildman–Crippen LogP) is 2.21. The van der Waals surface area contributed by atoms with Gasteiger partial charge >= 0.3 is 0 Å². The lowest BCUT2D eigenvalue weighted by Crippen LogP contribution is -2.29. The molecule has 0 aromatic carbocycles. The van der Waals surface area contributed by atoms with Gasteiger partial charge in [0.05, 0.1) is 11.3 Å². The Labute approximate surface area is 137 Å². The zero-order chi connectivity index (χ0) is 18.1. The van der Waals surface area contributed by atoms with Crippen molar-refractivity contribution in [3.05, 3.63) is 40.4 Å². The first-order chi connectivity index (χ1) is 11.2. The van der Waals surface area contributed by atoms with Gasteiger partial charge in [-0.1, -0.05) is 5.16 Å². The number of aromatic nitrogens is 1. The van der Waals surface area contributed by atoms with Gasteiger partial charge in [0, 0.05) is 30.3 Å². The third-order valence-electron chi connectivity index (χ3n) is 3.54. The summed E-state index contributed by atoms with van der Waals surface area (Å²) in [5, 5.41) is 19.5. The smallest absolute Gasteiger partial charge is 0.273 e. The van der Waals surface area contributed by atoms with Crippen LogP contribution in [-0.2, 0) is 12.3 Å². The second kappa shape index (κ2) is 6.20. The molecule has 0 bridgehead atoms. The quantitative estimate of drug-likeness (QED) is 0.449. The molecule has 0 amide bonds. The number of oxime groups is 1. The van der Waals surface area contributed by atoms with Crippen molar-refractivity contribution in [1.82, 2.24) is 4.98 Å². The average Bonchev–Trinajstić information content (AvgIpc) is 2.53. The molecule has 1 aromatic rings. The van der Waals surface area contributed by atoms with Crippen LogP contribution in [0.5, 0.6) is 0 Å². The van der Waals surface area contributed by atoms with Crippen molar-refractivity contribution in [2.45, 2.75) is 26.2 Å². The number of amidine groups is 1. The number of aliphatic imine (C=N–C) groups is 1. The van der Waals surface area contributed by atoms with Crippen LogP contribution >= 0.6 is 0 Å². The number of rotatable bonds is 3. The van der Waals surface area contributed by atoms with Gasteiger partial charge in [0.2, 0.25) is 5.84 Å². The fraction of sp³-hybridized carbons (Fsp3) is 0.250. The Morgan fingerprint density at radius 3 is 2.67 bits per heavy atom. The molecular formula is C16H15F2N5O. The molecule has 1 aliphatic rings. The van der Waals surface area contributed by atoms with Gasteiger partial charge in [-0.2, -0.15) is 0 Å². The molecule has 4 N–H and O–H groups in total. The molecule has 0 saturated carbocycles. The Balaban J connectivity index is 2.43. The average molecular weight is 331 g/mol. The molecule has 0 unspecified atom stereocenters. The van der Waals surface area contributed by atoms with Crippen LogP contribution < -0.4 is 5.73 Å². The summed E-state index contributed by atoms with van der Waals surface area (Å²) in [5.74, 6) is -1.12. The van der Waals surface area contributed by atoms with Crippen LogP contribution in [0.25, 0.3) is 0 Å². The van der Waals surface area contributed by atoms with Gasteiger partial charge in [-0.3, -0.25) is 5.41 Å². The Kier molecular flexibility index (Phi) is 4.46. The van der Waals surface area contributed by atoms with Crippen LogP contribution in [0.4, 0.5) is 8.78 Å². The fourth-order valence-corrected chi connectivity index (χ4v) is 2.29. The van der Waals surface area contributed by atoms with Crippen molar-refractivity contribution in [2.24, 2.45) is 15.9 Å². The number of allylic oxidation sites excluding steroid dienone is 1. The first-order valence-electron chi connectivity index (χ1n) is 6.89. The lowest BCUT2D eigenvalue weighted by atomic mass is 9.97. The summed E-state index contributed by atoms with van der Waals surface area (Å²) < 4.78 is 27.0. The highest BCUT2D eigenvalue weighted by Gasteiger charge is 2.29. The molecule has 0 spiro atoms. The molecule has 0 saturated heterocycles. The summed E-state index contributed by atoms with van der Waals surface area (Å²) in [5.41, 5.74) is 6.66. The summed E-state index contributed by atoms with van der Waals surface area (Å²) in [6.07, 6.45) is 5.44. The summed E-state index contributed by atoms with van der Waals surface area (Å²) in [4.78, 5) is 8.05. The Morgan fingerprint density at radius 2 is 2.12 bits per heavy atom. The highest BCUT2D eigenvalue weighted by atomic mass is 19.3. The standard InChI is InChI=1S/C16H15F2N5O/c1-4-12-11(16(3,17)18)6-5-9(22-12)7-10-8(2)21-15(23-24)14(20)13(10)19/h1,5-6,20,24H,7,19H2,2-3H3/b20-14?,23-15+. The van der Waals surface area contributed by atoms with Crippen LogP contribution in [-0.4, -0.2) is 27.5 Å².